The standard InChI is InChI=1S/C20H23ClO2/c1-3-7-16-9-10-18(23-14-13-21)17(15-16)20(11-4-2)12-6-5-8-19(20)22/h3-6,8-10,12,15,19,22H,1-2,7,11,13-14H2. The maximum Gasteiger partial charge on any atom is 0.123 e. The first-order chi connectivity index (χ1) is 11.2. The van der Waals surface area contributed by atoms with Gasteiger partial charge >= 0.3 is 0 Å². The molecule has 23 heavy (non-hydrogen) atoms. The van der Waals surface area contributed by atoms with Gasteiger partial charge in [0.1, 0.15) is 12.4 Å². The van der Waals surface area contributed by atoms with Crippen molar-refractivity contribution in [1.29, 1.82) is 0 Å². The highest BCUT2D eigenvalue weighted by Crippen LogP contribution is 2.42. The predicted octanol–water partition coefficient (Wildman–Crippen LogP) is 4.33. The zero-order valence-electron chi connectivity index (χ0n) is 13.2. The van der Waals surface area contributed by atoms with E-state index in [1.165, 1.54) is 0 Å². The molecule has 0 aromatic heterocycles. The van der Waals surface area contributed by atoms with E-state index < -0.39 is 11.5 Å². The lowest BCUT2D eigenvalue weighted by molar-refractivity contribution is 0.147. The Morgan fingerprint density at radius 3 is 2.74 bits per heavy atom. The van der Waals surface area contributed by atoms with Gasteiger partial charge in [-0.2, -0.15) is 0 Å². The second kappa shape index (κ2) is 8.19. The molecule has 1 aromatic carbocycles. The molecule has 0 spiro atoms. The number of aliphatic hydroxyl groups is 1. The molecule has 0 saturated heterocycles. The zero-order chi connectivity index (χ0) is 16.7. The number of hydrogen-bond donors (Lipinski definition) is 1. The third-order valence-corrected chi connectivity index (χ3v) is 4.22. The van der Waals surface area contributed by atoms with Crippen molar-refractivity contribution in [2.45, 2.75) is 24.4 Å². The van der Waals surface area contributed by atoms with Crippen molar-refractivity contribution in [3.8, 4) is 5.75 Å². The molecule has 0 amide bonds. The number of hydrogen-bond acceptors (Lipinski definition) is 2. The third-order valence-electron chi connectivity index (χ3n) is 4.07. The van der Waals surface area contributed by atoms with Gasteiger partial charge in [0, 0.05) is 5.56 Å². The largest absolute Gasteiger partial charge is 0.492 e. The Balaban J connectivity index is 2.56. The van der Waals surface area contributed by atoms with Crippen LogP contribution < -0.4 is 4.74 Å². The molecular formula is C20H23ClO2. The van der Waals surface area contributed by atoms with Crippen molar-refractivity contribution >= 4 is 11.6 Å². The fourth-order valence-corrected chi connectivity index (χ4v) is 3.04. The third kappa shape index (κ3) is 3.77. The van der Waals surface area contributed by atoms with E-state index in [0.29, 0.717) is 18.9 Å². The summed E-state index contributed by atoms with van der Waals surface area (Å²) in [7, 11) is 0. The fraction of sp³-hybridized carbons (Fsp3) is 0.300. The van der Waals surface area contributed by atoms with Crippen LogP contribution in [0.4, 0.5) is 0 Å². The van der Waals surface area contributed by atoms with Crippen molar-refractivity contribution in [2.24, 2.45) is 0 Å². The zero-order valence-corrected chi connectivity index (χ0v) is 14.0. The van der Waals surface area contributed by atoms with Crippen LogP contribution in [0.25, 0.3) is 0 Å². The van der Waals surface area contributed by atoms with E-state index in [-0.39, 0.29) is 0 Å². The highest BCUT2D eigenvalue weighted by molar-refractivity contribution is 6.18. The Morgan fingerprint density at radius 1 is 1.26 bits per heavy atom. The first-order valence-corrected chi connectivity index (χ1v) is 8.29. The summed E-state index contributed by atoms with van der Waals surface area (Å²) in [6, 6.07) is 6.05. The molecule has 0 saturated carbocycles. The van der Waals surface area contributed by atoms with Crippen LogP contribution in [-0.4, -0.2) is 23.7 Å². The van der Waals surface area contributed by atoms with E-state index in [2.05, 4.69) is 19.2 Å². The Bertz CT molecular complexity index is 618. The Kier molecular flexibility index (Phi) is 6.26. The summed E-state index contributed by atoms with van der Waals surface area (Å²) in [6.45, 7) is 8.09. The minimum atomic E-state index is -0.636. The van der Waals surface area contributed by atoms with Gasteiger partial charge in [-0.15, -0.1) is 24.8 Å². The number of aliphatic hydroxyl groups excluding tert-OH is 1. The summed E-state index contributed by atoms with van der Waals surface area (Å²) in [5.41, 5.74) is 1.51. The van der Waals surface area contributed by atoms with E-state index in [1.807, 2.05) is 42.5 Å². The summed E-state index contributed by atoms with van der Waals surface area (Å²) >= 11 is 5.77. The van der Waals surface area contributed by atoms with Gasteiger partial charge in [0.2, 0.25) is 0 Å². The average Bonchev–Trinajstić information content (AvgIpc) is 2.56. The quantitative estimate of drug-likeness (QED) is 0.567. The minimum absolute atomic E-state index is 0.417. The first-order valence-electron chi connectivity index (χ1n) is 7.76. The van der Waals surface area contributed by atoms with Gasteiger partial charge in [-0.25, -0.2) is 0 Å². The van der Waals surface area contributed by atoms with E-state index in [0.717, 1.165) is 23.3 Å². The van der Waals surface area contributed by atoms with Crippen LogP contribution in [0, 0.1) is 0 Å². The number of alkyl halides is 1. The monoisotopic (exact) mass is 330 g/mol. The number of allylic oxidation sites excluding steroid dienone is 4. The normalized spacial score (nSPS) is 22.8. The Morgan fingerprint density at radius 2 is 2.09 bits per heavy atom. The summed E-state index contributed by atoms with van der Waals surface area (Å²) in [6.07, 6.45) is 12.1. The van der Waals surface area contributed by atoms with Crippen molar-refractivity contribution in [2.75, 3.05) is 12.5 Å². The van der Waals surface area contributed by atoms with Crippen molar-refractivity contribution in [3.05, 3.63) is 78.9 Å². The van der Waals surface area contributed by atoms with Gasteiger partial charge in [-0.1, -0.05) is 48.6 Å². The molecule has 0 bridgehead atoms. The summed E-state index contributed by atoms with van der Waals surface area (Å²) in [4.78, 5) is 0. The van der Waals surface area contributed by atoms with E-state index in [9.17, 15) is 5.11 Å². The molecule has 2 unspecified atom stereocenters. The van der Waals surface area contributed by atoms with Crippen LogP contribution in [-0.2, 0) is 11.8 Å². The molecular weight excluding hydrogens is 308 g/mol. The maximum atomic E-state index is 10.7. The van der Waals surface area contributed by atoms with E-state index in [4.69, 9.17) is 16.3 Å². The molecule has 0 fully saturated rings. The lowest BCUT2D eigenvalue weighted by Crippen LogP contribution is -2.38. The highest BCUT2D eigenvalue weighted by Gasteiger charge is 2.38. The summed E-state index contributed by atoms with van der Waals surface area (Å²) < 4.78 is 5.83. The molecule has 3 heteroatoms. The minimum Gasteiger partial charge on any atom is -0.492 e. The average molecular weight is 331 g/mol. The molecule has 122 valence electrons. The SMILES string of the molecule is C=CCc1ccc(OCCCl)c(C2(CC=C)C=CC=CC2O)c1. The lowest BCUT2D eigenvalue weighted by Gasteiger charge is -2.37. The first kappa shape index (κ1) is 17.6. The molecule has 1 N–H and O–H groups in total. The Labute approximate surface area is 143 Å². The molecule has 2 nitrogen and oxygen atoms in total. The predicted molar refractivity (Wildman–Crippen MR) is 97.3 cm³/mol. The van der Waals surface area contributed by atoms with Crippen LogP contribution in [0.5, 0.6) is 5.75 Å². The van der Waals surface area contributed by atoms with E-state index >= 15 is 0 Å². The molecule has 0 heterocycles. The molecule has 1 aliphatic carbocycles. The van der Waals surface area contributed by atoms with Crippen molar-refractivity contribution < 1.29 is 9.84 Å². The van der Waals surface area contributed by atoms with Gasteiger partial charge in [-0.3, -0.25) is 0 Å². The summed E-state index contributed by atoms with van der Waals surface area (Å²) in [5.74, 6) is 1.17. The van der Waals surface area contributed by atoms with Crippen LogP contribution in [0.1, 0.15) is 17.5 Å². The number of rotatable bonds is 8. The molecule has 1 aromatic rings. The van der Waals surface area contributed by atoms with Gasteiger partial charge in [0.15, 0.2) is 0 Å². The van der Waals surface area contributed by atoms with Gasteiger partial charge < -0.3 is 9.84 Å². The molecule has 1 aliphatic rings. The molecule has 0 aliphatic heterocycles. The fourth-order valence-electron chi connectivity index (χ4n) is 2.96. The van der Waals surface area contributed by atoms with Crippen LogP contribution in [0.15, 0.2) is 67.8 Å². The van der Waals surface area contributed by atoms with E-state index in [1.54, 1.807) is 6.08 Å². The number of benzene rings is 1. The van der Waals surface area contributed by atoms with Gasteiger partial charge in [0.05, 0.1) is 17.4 Å². The van der Waals surface area contributed by atoms with Gasteiger partial charge in [0.25, 0.3) is 0 Å². The number of ether oxygens (including phenoxy) is 1. The summed E-state index contributed by atoms with van der Waals surface area (Å²) in [5, 5.41) is 10.7. The van der Waals surface area contributed by atoms with Crippen LogP contribution in [0.2, 0.25) is 0 Å². The molecule has 2 rings (SSSR count). The second-order valence-electron chi connectivity index (χ2n) is 5.58. The van der Waals surface area contributed by atoms with Crippen molar-refractivity contribution in [1.82, 2.24) is 0 Å². The highest BCUT2D eigenvalue weighted by atomic mass is 35.5. The van der Waals surface area contributed by atoms with Gasteiger partial charge in [-0.05, 0) is 24.5 Å². The van der Waals surface area contributed by atoms with Crippen LogP contribution in [0.3, 0.4) is 0 Å². The lowest BCUT2D eigenvalue weighted by atomic mass is 9.70. The van der Waals surface area contributed by atoms with Crippen molar-refractivity contribution in [3.63, 3.8) is 0 Å². The molecule has 0 radical (unpaired) electrons. The van der Waals surface area contributed by atoms with Crippen LogP contribution >= 0.6 is 11.6 Å². The second-order valence-corrected chi connectivity index (χ2v) is 5.96. The topological polar surface area (TPSA) is 29.5 Å². The maximum absolute atomic E-state index is 10.7. The smallest absolute Gasteiger partial charge is 0.123 e. The Hall–Kier alpha value is -1.77. The number of halogens is 1. The molecule has 2 atom stereocenters.